The largest absolute Gasteiger partial charge is 0.323 e. The Kier molecular flexibility index (Phi) is 5.54. The minimum Gasteiger partial charge on any atom is -0.323 e. The van der Waals surface area contributed by atoms with E-state index in [2.05, 4.69) is 27.5 Å². The first kappa shape index (κ1) is 18.6. The van der Waals surface area contributed by atoms with Crippen LogP contribution in [0, 0.1) is 5.82 Å². The van der Waals surface area contributed by atoms with Gasteiger partial charge in [-0.3, -0.25) is 10.4 Å². The van der Waals surface area contributed by atoms with E-state index in [9.17, 15) is 9.18 Å². The predicted molar refractivity (Wildman–Crippen MR) is 102 cm³/mol. The van der Waals surface area contributed by atoms with E-state index < -0.39 is 0 Å². The maximum absolute atomic E-state index is 13.1. The van der Waals surface area contributed by atoms with Gasteiger partial charge in [0.05, 0.1) is 30.7 Å². The predicted octanol–water partition coefficient (Wildman–Crippen LogP) is 4.05. The number of benzene rings is 1. The number of aromatic amines is 1. The van der Waals surface area contributed by atoms with Gasteiger partial charge in [0.25, 0.3) is 0 Å². The molecule has 8 heteroatoms. The van der Waals surface area contributed by atoms with Gasteiger partial charge in [-0.15, -0.1) is 0 Å². The SMILES string of the molecule is CC[C@H](C)n1nccc1NC(=O)N(C)Cc1cn[nH]c1-c1ccc(F)cc1. The molecule has 0 saturated heterocycles. The maximum atomic E-state index is 13.1. The van der Waals surface area contributed by atoms with Gasteiger partial charge in [-0.05, 0) is 37.6 Å². The first-order valence-corrected chi connectivity index (χ1v) is 8.83. The fourth-order valence-corrected chi connectivity index (χ4v) is 2.77. The zero-order valence-corrected chi connectivity index (χ0v) is 15.6. The second kappa shape index (κ2) is 8.03. The highest BCUT2D eigenvalue weighted by molar-refractivity contribution is 5.88. The lowest BCUT2D eigenvalue weighted by Crippen LogP contribution is -2.32. The molecule has 0 bridgehead atoms. The number of nitrogens with one attached hydrogen (secondary N) is 2. The number of H-pyrrole nitrogens is 1. The van der Waals surface area contributed by atoms with Crippen LogP contribution in [0.3, 0.4) is 0 Å². The Labute approximate surface area is 157 Å². The summed E-state index contributed by atoms with van der Waals surface area (Å²) in [6, 6.07) is 7.87. The quantitative estimate of drug-likeness (QED) is 0.687. The summed E-state index contributed by atoms with van der Waals surface area (Å²) in [5.41, 5.74) is 2.42. The summed E-state index contributed by atoms with van der Waals surface area (Å²) in [5.74, 6) is 0.362. The molecule has 2 amide bonds. The van der Waals surface area contributed by atoms with Crippen molar-refractivity contribution in [2.24, 2.45) is 0 Å². The van der Waals surface area contributed by atoms with E-state index in [0.29, 0.717) is 12.4 Å². The summed E-state index contributed by atoms with van der Waals surface area (Å²) >= 11 is 0. The number of nitrogens with zero attached hydrogens (tertiary/aromatic N) is 4. The van der Waals surface area contributed by atoms with Crippen molar-refractivity contribution in [2.75, 3.05) is 12.4 Å². The van der Waals surface area contributed by atoms with Gasteiger partial charge in [0.1, 0.15) is 11.6 Å². The van der Waals surface area contributed by atoms with Gasteiger partial charge in [-0.25, -0.2) is 13.9 Å². The minimum absolute atomic E-state index is 0.194. The van der Waals surface area contributed by atoms with Gasteiger partial charge in [-0.2, -0.15) is 10.2 Å². The normalized spacial score (nSPS) is 12.0. The van der Waals surface area contributed by atoms with Crippen LogP contribution in [0.5, 0.6) is 0 Å². The second-order valence-electron chi connectivity index (χ2n) is 6.48. The average molecular weight is 370 g/mol. The monoisotopic (exact) mass is 370 g/mol. The first-order chi connectivity index (χ1) is 13.0. The number of anilines is 1. The molecule has 2 heterocycles. The number of amides is 2. The van der Waals surface area contributed by atoms with Crippen LogP contribution in [0.25, 0.3) is 11.3 Å². The van der Waals surface area contributed by atoms with Gasteiger partial charge in [0, 0.05) is 24.2 Å². The molecule has 0 spiro atoms. The molecule has 27 heavy (non-hydrogen) atoms. The number of hydrogen-bond donors (Lipinski definition) is 2. The third-order valence-electron chi connectivity index (χ3n) is 4.52. The van der Waals surface area contributed by atoms with Crippen molar-refractivity contribution in [2.45, 2.75) is 32.9 Å². The highest BCUT2D eigenvalue weighted by Crippen LogP contribution is 2.23. The van der Waals surface area contributed by atoms with Crippen molar-refractivity contribution in [3.63, 3.8) is 0 Å². The fraction of sp³-hybridized carbons (Fsp3) is 0.316. The molecule has 1 aromatic carbocycles. The van der Waals surface area contributed by atoms with Crippen molar-refractivity contribution in [3.05, 3.63) is 54.1 Å². The Morgan fingerprint density at radius 3 is 2.78 bits per heavy atom. The van der Waals surface area contributed by atoms with Gasteiger partial charge >= 0.3 is 6.03 Å². The molecule has 0 aliphatic rings. The minimum atomic E-state index is -0.297. The summed E-state index contributed by atoms with van der Waals surface area (Å²) < 4.78 is 14.9. The van der Waals surface area contributed by atoms with Gasteiger partial charge in [0.2, 0.25) is 0 Å². The van der Waals surface area contributed by atoms with Gasteiger partial charge < -0.3 is 4.90 Å². The van der Waals surface area contributed by atoms with Crippen LogP contribution in [-0.4, -0.2) is 38.0 Å². The van der Waals surface area contributed by atoms with Gasteiger partial charge in [0.15, 0.2) is 0 Å². The van der Waals surface area contributed by atoms with E-state index in [-0.39, 0.29) is 17.9 Å². The molecule has 0 fully saturated rings. The number of urea groups is 1. The lowest BCUT2D eigenvalue weighted by molar-refractivity contribution is 0.220. The summed E-state index contributed by atoms with van der Waals surface area (Å²) in [6.45, 7) is 4.47. The van der Waals surface area contributed by atoms with Crippen molar-refractivity contribution in [1.82, 2.24) is 24.9 Å². The van der Waals surface area contributed by atoms with Crippen LogP contribution >= 0.6 is 0 Å². The highest BCUT2D eigenvalue weighted by atomic mass is 19.1. The lowest BCUT2D eigenvalue weighted by Gasteiger charge is -2.20. The molecule has 3 rings (SSSR count). The molecule has 0 saturated carbocycles. The van der Waals surface area contributed by atoms with Crippen LogP contribution in [-0.2, 0) is 6.54 Å². The topological polar surface area (TPSA) is 78.8 Å². The van der Waals surface area contributed by atoms with Gasteiger partial charge in [-0.1, -0.05) is 6.92 Å². The Balaban J connectivity index is 1.70. The molecule has 1 atom stereocenters. The number of hydrogen-bond acceptors (Lipinski definition) is 3. The molecule has 0 radical (unpaired) electrons. The summed E-state index contributed by atoms with van der Waals surface area (Å²) in [7, 11) is 1.71. The van der Waals surface area contributed by atoms with Crippen molar-refractivity contribution >= 4 is 11.8 Å². The van der Waals surface area contributed by atoms with E-state index in [1.165, 1.54) is 12.1 Å². The molecule has 3 aromatic rings. The average Bonchev–Trinajstić information content (AvgIpc) is 3.31. The number of rotatable bonds is 6. The molecular formula is C19H23FN6O. The molecule has 0 aliphatic carbocycles. The maximum Gasteiger partial charge on any atom is 0.323 e. The molecule has 7 nitrogen and oxygen atoms in total. The van der Waals surface area contributed by atoms with Crippen molar-refractivity contribution in [1.29, 1.82) is 0 Å². The summed E-state index contributed by atoms with van der Waals surface area (Å²) in [6.07, 6.45) is 4.26. The number of aromatic nitrogens is 4. The standard InChI is InChI=1S/C19H23FN6O/c1-4-13(2)26-17(9-10-22-26)23-19(27)25(3)12-15-11-21-24-18(15)14-5-7-16(20)8-6-14/h5-11,13H,4,12H2,1-3H3,(H,21,24)(H,23,27)/t13-/m0/s1. The Bertz CT molecular complexity index is 901. The molecule has 2 N–H and O–H groups in total. The van der Waals surface area contributed by atoms with E-state index >= 15 is 0 Å². The number of halogens is 1. The van der Waals surface area contributed by atoms with E-state index in [4.69, 9.17) is 0 Å². The van der Waals surface area contributed by atoms with E-state index in [1.54, 1.807) is 47.2 Å². The molecule has 2 aromatic heterocycles. The van der Waals surface area contributed by atoms with Crippen LogP contribution in [0.2, 0.25) is 0 Å². The zero-order valence-electron chi connectivity index (χ0n) is 15.6. The molecule has 142 valence electrons. The van der Waals surface area contributed by atoms with Crippen molar-refractivity contribution in [3.8, 4) is 11.3 Å². The fourth-order valence-electron chi connectivity index (χ4n) is 2.77. The highest BCUT2D eigenvalue weighted by Gasteiger charge is 2.17. The Morgan fingerprint density at radius 1 is 1.33 bits per heavy atom. The smallest absolute Gasteiger partial charge is 0.323 e. The number of carbonyl (C=O) groups is 1. The van der Waals surface area contributed by atoms with E-state index in [1.807, 2.05) is 6.92 Å². The third kappa shape index (κ3) is 4.16. The molecule has 0 aliphatic heterocycles. The third-order valence-corrected chi connectivity index (χ3v) is 4.52. The Hall–Kier alpha value is -3.16. The lowest BCUT2D eigenvalue weighted by atomic mass is 10.1. The second-order valence-corrected chi connectivity index (χ2v) is 6.48. The summed E-state index contributed by atoms with van der Waals surface area (Å²) in [4.78, 5) is 14.1. The van der Waals surface area contributed by atoms with E-state index in [0.717, 1.165) is 23.2 Å². The van der Waals surface area contributed by atoms with Crippen molar-refractivity contribution < 1.29 is 9.18 Å². The molecule has 0 unspecified atom stereocenters. The summed E-state index contributed by atoms with van der Waals surface area (Å²) in [5, 5.41) is 14.1. The zero-order chi connectivity index (χ0) is 19.4. The molecular weight excluding hydrogens is 347 g/mol. The van der Waals surface area contributed by atoms with Crippen LogP contribution < -0.4 is 5.32 Å². The first-order valence-electron chi connectivity index (χ1n) is 8.83. The number of carbonyl (C=O) groups excluding carboxylic acids is 1. The Morgan fingerprint density at radius 2 is 2.07 bits per heavy atom. The van der Waals surface area contributed by atoms with Crippen LogP contribution in [0.15, 0.2) is 42.7 Å². The van der Waals surface area contributed by atoms with Crippen LogP contribution in [0.1, 0.15) is 31.9 Å². The van der Waals surface area contributed by atoms with Crippen LogP contribution in [0.4, 0.5) is 15.0 Å².